The maximum atomic E-state index is 6.22. The molecular weight excluding hydrogens is 288 g/mol. The van der Waals surface area contributed by atoms with Crippen LogP contribution in [0.1, 0.15) is 19.2 Å². The molecular formula is C14H15ClN6. The van der Waals surface area contributed by atoms with Gasteiger partial charge >= 0.3 is 0 Å². The van der Waals surface area contributed by atoms with Crippen molar-refractivity contribution in [1.82, 2.24) is 30.5 Å². The summed E-state index contributed by atoms with van der Waals surface area (Å²) in [5.41, 5.74) is 1.61. The van der Waals surface area contributed by atoms with Gasteiger partial charge in [0.1, 0.15) is 0 Å². The molecule has 21 heavy (non-hydrogen) atoms. The number of tetrazole rings is 1. The Morgan fingerprint density at radius 1 is 1.29 bits per heavy atom. The van der Waals surface area contributed by atoms with E-state index >= 15 is 0 Å². The second-order valence-electron chi connectivity index (χ2n) is 4.65. The highest BCUT2D eigenvalue weighted by molar-refractivity contribution is 6.35. The number of hydrogen-bond donors (Lipinski definition) is 1. The normalized spacial score (nSPS) is 11.1. The molecule has 0 fully saturated rings. The first-order valence-electron chi connectivity index (χ1n) is 6.83. The first-order valence-corrected chi connectivity index (χ1v) is 7.20. The van der Waals surface area contributed by atoms with E-state index in [-0.39, 0.29) is 0 Å². The number of aromatic nitrogens is 5. The molecule has 1 aromatic carbocycles. The zero-order valence-electron chi connectivity index (χ0n) is 11.6. The van der Waals surface area contributed by atoms with E-state index in [1.165, 1.54) is 0 Å². The second-order valence-corrected chi connectivity index (χ2v) is 5.06. The SMILES string of the molecule is CCCNCc1nnnn1-c1ccc(Cl)c2cccnc12. The van der Waals surface area contributed by atoms with Crippen molar-refractivity contribution in [2.24, 2.45) is 0 Å². The zero-order chi connectivity index (χ0) is 14.7. The molecule has 0 bridgehead atoms. The quantitative estimate of drug-likeness (QED) is 0.733. The lowest BCUT2D eigenvalue weighted by Crippen LogP contribution is -2.17. The van der Waals surface area contributed by atoms with Crippen LogP contribution < -0.4 is 5.32 Å². The summed E-state index contributed by atoms with van der Waals surface area (Å²) in [6, 6.07) is 7.53. The highest BCUT2D eigenvalue weighted by Crippen LogP contribution is 2.26. The van der Waals surface area contributed by atoms with Crippen molar-refractivity contribution in [3.05, 3.63) is 41.3 Å². The summed E-state index contributed by atoms with van der Waals surface area (Å²) >= 11 is 6.22. The van der Waals surface area contributed by atoms with Crippen molar-refractivity contribution < 1.29 is 0 Å². The van der Waals surface area contributed by atoms with Gasteiger partial charge in [0.25, 0.3) is 0 Å². The predicted octanol–water partition coefficient (Wildman–Crippen LogP) is 2.36. The monoisotopic (exact) mass is 302 g/mol. The van der Waals surface area contributed by atoms with Gasteiger partial charge in [-0.2, -0.15) is 4.68 Å². The van der Waals surface area contributed by atoms with Gasteiger partial charge in [-0.25, -0.2) is 0 Å². The number of rotatable bonds is 5. The minimum atomic E-state index is 0.609. The standard InChI is InChI=1S/C14H15ClN6/c1-2-7-16-9-13-18-19-20-21(13)12-6-5-11(15)10-4-3-8-17-14(10)12/h3-6,8,16H,2,7,9H2,1H3. The van der Waals surface area contributed by atoms with E-state index in [4.69, 9.17) is 11.6 Å². The van der Waals surface area contributed by atoms with Gasteiger partial charge in [0, 0.05) is 11.6 Å². The third kappa shape index (κ3) is 2.72. The molecule has 0 aliphatic rings. The number of benzene rings is 1. The van der Waals surface area contributed by atoms with Gasteiger partial charge in [0.15, 0.2) is 5.82 Å². The summed E-state index contributed by atoms with van der Waals surface area (Å²) in [5, 5.41) is 16.8. The molecule has 2 aromatic heterocycles. The van der Waals surface area contributed by atoms with Crippen LogP contribution >= 0.6 is 11.6 Å². The number of nitrogens with zero attached hydrogens (tertiary/aromatic N) is 5. The third-order valence-electron chi connectivity index (χ3n) is 3.17. The number of nitrogens with one attached hydrogen (secondary N) is 1. The van der Waals surface area contributed by atoms with Crippen LogP contribution in [-0.4, -0.2) is 31.7 Å². The Labute approximate surface area is 127 Å². The molecule has 1 N–H and O–H groups in total. The minimum Gasteiger partial charge on any atom is -0.310 e. The van der Waals surface area contributed by atoms with Crippen molar-refractivity contribution in [1.29, 1.82) is 0 Å². The van der Waals surface area contributed by atoms with Gasteiger partial charge in [-0.3, -0.25) is 4.98 Å². The molecule has 108 valence electrons. The minimum absolute atomic E-state index is 0.609. The molecule has 0 amide bonds. The van der Waals surface area contributed by atoms with Gasteiger partial charge in [0.05, 0.1) is 22.8 Å². The van der Waals surface area contributed by atoms with Crippen LogP contribution in [-0.2, 0) is 6.54 Å². The van der Waals surface area contributed by atoms with Gasteiger partial charge in [-0.15, -0.1) is 5.10 Å². The van der Waals surface area contributed by atoms with Crippen LogP contribution in [0.4, 0.5) is 0 Å². The smallest absolute Gasteiger partial charge is 0.170 e. The maximum absolute atomic E-state index is 6.22. The summed E-state index contributed by atoms with van der Waals surface area (Å²) in [4.78, 5) is 4.41. The molecule has 3 rings (SSSR count). The summed E-state index contributed by atoms with van der Waals surface area (Å²) in [6.07, 6.45) is 2.80. The van der Waals surface area contributed by atoms with Crippen molar-refractivity contribution in [2.45, 2.75) is 19.9 Å². The van der Waals surface area contributed by atoms with Gasteiger partial charge in [-0.1, -0.05) is 18.5 Å². The average molecular weight is 303 g/mol. The van der Waals surface area contributed by atoms with E-state index in [0.717, 1.165) is 35.4 Å². The average Bonchev–Trinajstić information content (AvgIpc) is 2.97. The molecule has 0 radical (unpaired) electrons. The fraction of sp³-hybridized carbons (Fsp3) is 0.286. The molecule has 0 aliphatic carbocycles. The Balaban J connectivity index is 2.05. The molecule has 0 spiro atoms. The highest BCUT2D eigenvalue weighted by atomic mass is 35.5. The fourth-order valence-corrected chi connectivity index (χ4v) is 2.39. The van der Waals surface area contributed by atoms with E-state index in [1.54, 1.807) is 10.9 Å². The largest absolute Gasteiger partial charge is 0.310 e. The van der Waals surface area contributed by atoms with E-state index in [1.807, 2.05) is 24.3 Å². The topological polar surface area (TPSA) is 68.5 Å². The van der Waals surface area contributed by atoms with Crippen LogP contribution in [0, 0.1) is 0 Å². The van der Waals surface area contributed by atoms with E-state index in [9.17, 15) is 0 Å². The summed E-state index contributed by atoms with van der Waals surface area (Å²) < 4.78 is 1.70. The Bertz CT molecular complexity index is 754. The van der Waals surface area contributed by atoms with Crippen LogP contribution in [0.5, 0.6) is 0 Å². The first-order chi connectivity index (χ1) is 10.3. The predicted molar refractivity (Wildman–Crippen MR) is 81.5 cm³/mol. The Kier molecular flexibility index (Phi) is 4.08. The lowest BCUT2D eigenvalue weighted by atomic mass is 10.2. The van der Waals surface area contributed by atoms with Crippen LogP contribution in [0.3, 0.4) is 0 Å². The lowest BCUT2D eigenvalue weighted by Gasteiger charge is -2.09. The number of halogens is 1. The molecule has 6 nitrogen and oxygen atoms in total. The Morgan fingerprint density at radius 3 is 3.05 bits per heavy atom. The summed E-state index contributed by atoms with van der Waals surface area (Å²) in [7, 11) is 0. The Morgan fingerprint density at radius 2 is 2.19 bits per heavy atom. The summed E-state index contributed by atoms with van der Waals surface area (Å²) in [6.45, 7) is 3.65. The van der Waals surface area contributed by atoms with Crippen molar-refractivity contribution in [2.75, 3.05) is 6.54 Å². The van der Waals surface area contributed by atoms with Crippen molar-refractivity contribution in [3.8, 4) is 5.69 Å². The van der Waals surface area contributed by atoms with Crippen molar-refractivity contribution in [3.63, 3.8) is 0 Å². The molecule has 7 heteroatoms. The molecule has 0 unspecified atom stereocenters. The zero-order valence-corrected chi connectivity index (χ0v) is 12.4. The van der Waals surface area contributed by atoms with Crippen molar-refractivity contribution >= 4 is 22.5 Å². The van der Waals surface area contributed by atoms with Gasteiger partial charge in [0.2, 0.25) is 0 Å². The Hall–Kier alpha value is -2.05. The van der Waals surface area contributed by atoms with Gasteiger partial charge in [-0.05, 0) is 47.7 Å². The molecule has 0 atom stereocenters. The van der Waals surface area contributed by atoms with Crippen LogP contribution in [0.15, 0.2) is 30.5 Å². The highest BCUT2D eigenvalue weighted by Gasteiger charge is 2.13. The molecule has 0 aliphatic heterocycles. The molecule has 0 saturated heterocycles. The fourth-order valence-electron chi connectivity index (χ4n) is 2.17. The first kappa shape index (κ1) is 13.9. The van der Waals surface area contributed by atoms with E-state index in [2.05, 4.69) is 32.7 Å². The van der Waals surface area contributed by atoms with Gasteiger partial charge < -0.3 is 5.32 Å². The van der Waals surface area contributed by atoms with Crippen LogP contribution in [0.25, 0.3) is 16.6 Å². The lowest BCUT2D eigenvalue weighted by molar-refractivity contribution is 0.633. The second kappa shape index (κ2) is 6.15. The maximum Gasteiger partial charge on any atom is 0.170 e. The molecule has 0 saturated carbocycles. The van der Waals surface area contributed by atoms with Crippen LogP contribution in [0.2, 0.25) is 5.02 Å². The van der Waals surface area contributed by atoms with E-state index < -0.39 is 0 Å². The van der Waals surface area contributed by atoms with E-state index in [0.29, 0.717) is 11.6 Å². The number of pyridine rings is 1. The third-order valence-corrected chi connectivity index (χ3v) is 3.50. The molecule has 3 aromatic rings. The number of hydrogen-bond acceptors (Lipinski definition) is 5. The summed E-state index contributed by atoms with van der Waals surface area (Å²) in [5.74, 6) is 0.748. The number of fused-ring (bicyclic) bond motifs is 1. The molecule has 2 heterocycles.